The molecule has 6 heteroatoms. The fraction of sp³-hybridized carbons (Fsp3) is 0.176. The number of carbonyl (C=O) groups is 2. The predicted molar refractivity (Wildman–Crippen MR) is 91.7 cm³/mol. The number of Topliss-reactive ketones (excluding diaryl/α,β-unsaturated/α-hetero) is 1. The Morgan fingerprint density at radius 3 is 2.57 bits per heavy atom. The first kappa shape index (κ1) is 17.3. The number of nitrogens with one attached hydrogen (secondary N) is 1. The predicted octanol–water partition coefficient (Wildman–Crippen LogP) is 4.60. The van der Waals surface area contributed by atoms with Gasteiger partial charge in [0.1, 0.15) is 5.75 Å². The van der Waals surface area contributed by atoms with E-state index in [1.165, 1.54) is 6.92 Å². The summed E-state index contributed by atoms with van der Waals surface area (Å²) in [4.78, 5) is 23.2. The van der Waals surface area contributed by atoms with Crippen LogP contribution in [0.15, 0.2) is 42.5 Å². The molecule has 0 aliphatic rings. The van der Waals surface area contributed by atoms with Crippen LogP contribution in [0.1, 0.15) is 23.7 Å². The first-order chi connectivity index (χ1) is 11.0. The van der Waals surface area contributed by atoms with E-state index in [0.717, 1.165) is 0 Å². The molecule has 0 unspecified atom stereocenters. The molecule has 0 heterocycles. The molecule has 0 saturated carbocycles. The minimum absolute atomic E-state index is 0.0518. The van der Waals surface area contributed by atoms with Gasteiger partial charge in [0, 0.05) is 17.3 Å². The smallest absolute Gasteiger partial charge is 0.227 e. The minimum atomic E-state index is -0.203. The number of rotatable bonds is 6. The normalized spacial score (nSPS) is 10.2. The molecule has 0 fully saturated rings. The van der Waals surface area contributed by atoms with Crippen LogP contribution in [0.25, 0.3) is 0 Å². The topological polar surface area (TPSA) is 55.4 Å². The van der Waals surface area contributed by atoms with Crippen LogP contribution in [-0.4, -0.2) is 18.3 Å². The summed E-state index contributed by atoms with van der Waals surface area (Å²) in [5.74, 6) is 0.292. The maximum atomic E-state index is 11.9. The van der Waals surface area contributed by atoms with E-state index in [2.05, 4.69) is 5.32 Å². The number of carbonyl (C=O) groups excluding carboxylic acids is 2. The maximum Gasteiger partial charge on any atom is 0.227 e. The molecule has 4 nitrogen and oxygen atoms in total. The second-order valence-electron chi connectivity index (χ2n) is 4.86. The van der Waals surface area contributed by atoms with Crippen LogP contribution in [0.5, 0.6) is 5.75 Å². The summed E-state index contributed by atoms with van der Waals surface area (Å²) >= 11 is 11.7. The number of ketones is 1. The Balaban J connectivity index is 1.84. The van der Waals surface area contributed by atoms with Gasteiger partial charge in [0.2, 0.25) is 5.91 Å². The summed E-state index contributed by atoms with van der Waals surface area (Å²) in [5, 5.41) is 3.57. The summed E-state index contributed by atoms with van der Waals surface area (Å²) in [6, 6.07) is 11.7. The Morgan fingerprint density at radius 1 is 1.09 bits per heavy atom. The zero-order valence-corrected chi connectivity index (χ0v) is 13.9. The molecule has 0 spiro atoms. The van der Waals surface area contributed by atoms with E-state index in [1.54, 1.807) is 42.5 Å². The molecule has 0 aliphatic heterocycles. The number of anilines is 1. The quantitative estimate of drug-likeness (QED) is 0.773. The Hall–Kier alpha value is -2.04. The molecule has 23 heavy (non-hydrogen) atoms. The highest BCUT2D eigenvalue weighted by Gasteiger charge is 2.06. The highest BCUT2D eigenvalue weighted by molar-refractivity contribution is 6.42. The van der Waals surface area contributed by atoms with Gasteiger partial charge in [-0.25, -0.2) is 0 Å². The molecule has 0 saturated heterocycles. The molecular weight excluding hydrogens is 337 g/mol. The first-order valence-electron chi connectivity index (χ1n) is 6.94. The summed E-state index contributed by atoms with van der Waals surface area (Å²) in [7, 11) is 0. The van der Waals surface area contributed by atoms with Gasteiger partial charge in [-0.2, -0.15) is 0 Å². The van der Waals surface area contributed by atoms with Gasteiger partial charge in [-0.1, -0.05) is 35.3 Å². The van der Waals surface area contributed by atoms with Crippen molar-refractivity contribution in [2.75, 3.05) is 11.9 Å². The van der Waals surface area contributed by atoms with Gasteiger partial charge in [-0.3, -0.25) is 9.59 Å². The van der Waals surface area contributed by atoms with Gasteiger partial charge in [-0.05, 0) is 31.2 Å². The second kappa shape index (κ2) is 7.99. The molecule has 0 atom stereocenters. The molecule has 2 aromatic carbocycles. The Kier molecular flexibility index (Phi) is 6.02. The SMILES string of the molecule is CC(=O)c1cccc(NC(=O)CCOc2ccc(Cl)c(Cl)c2)c1. The molecule has 120 valence electrons. The van der Waals surface area contributed by atoms with E-state index >= 15 is 0 Å². The van der Waals surface area contributed by atoms with Crippen LogP contribution < -0.4 is 10.1 Å². The van der Waals surface area contributed by atoms with E-state index in [9.17, 15) is 9.59 Å². The van der Waals surface area contributed by atoms with E-state index in [0.29, 0.717) is 27.0 Å². The first-order valence-corrected chi connectivity index (χ1v) is 7.70. The molecule has 1 N–H and O–H groups in total. The van der Waals surface area contributed by atoms with Crippen molar-refractivity contribution in [2.24, 2.45) is 0 Å². The van der Waals surface area contributed by atoms with Crippen LogP contribution >= 0.6 is 23.2 Å². The average Bonchev–Trinajstić information content (AvgIpc) is 2.51. The van der Waals surface area contributed by atoms with Gasteiger partial charge in [0.05, 0.1) is 23.1 Å². The Bertz CT molecular complexity index is 732. The lowest BCUT2D eigenvalue weighted by Gasteiger charge is -2.08. The number of halogens is 2. The lowest BCUT2D eigenvalue weighted by molar-refractivity contribution is -0.116. The zero-order valence-electron chi connectivity index (χ0n) is 12.4. The van der Waals surface area contributed by atoms with Gasteiger partial charge < -0.3 is 10.1 Å². The van der Waals surface area contributed by atoms with Crippen LogP contribution in [0.4, 0.5) is 5.69 Å². The fourth-order valence-corrected chi connectivity index (χ4v) is 2.16. The third-order valence-corrected chi connectivity index (χ3v) is 3.78. The molecule has 2 aromatic rings. The lowest BCUT2D eigenvalue weighted by Crippen LogP contribution is -2.15. The summed E-state index contributed by atoms with van der Waals surface area (Å²) < 4.78 is 5.45. The molecule has 1 amide bonds. The van der Waals surface area contributed by atoms with E-state index in [4.69, 9.17) is 27.9 Å². The van der Waals surface area contributed by atoms with Crippen LogP contribution in [0.2, 0.25) is 10.0 Å². The number of benzene rings is 2. The highest BCUT2D eigenvalue weighted by atomic mass is 35.5. The Labute approximate surface area is 144 Å². The molecule has 0 radical (unpaired) electrons. The third kappa shape index (κ3) is 5.27. The molecular formula is C17H15Cl2NO3. The van der Waals surface area contributed by atoms with Crippen molar-refractivity contribution < 1.29 is 14.3 Å². The highest BCUT2D eigenvalue weighted by Crippen LogP contribution is 2.26. The second-order valence-corrected chi connectivity index (χ2v) is 5.67. The monoisotopic (exact) mass is 351 g/mol. The number of ether oxygens (including phenoxy) is 1. The summed E-state index contributed by atoms with van der Waals surface area (Å²) in [6.45, 7) is 1.68. The van der Waals surface area contributed by atoms with Crippen LogP contribution in [0, 0.1) is 0 Å². The zero-order chi connectivity index (χ0) is 16.8. The van der Waals surface area contributed by atoms with Crippen LogP contribution in [0.3, 0.4) is 0 Å². The van der Waals surface area contributed by atoms with Gasteiger partial charge in [-0.15, -0.1) is 0 Å². The van der Waals surface area contributed by atoms with Crippen molar-refractivity contribution >= 4 is 40.6 Å². The van der Waals surface area contributed by atoms with Crippen molar-refractivity contribution in [2.45, 2.75) is 13.3 Å². The van der Waals surface area contributed by atoms with Gasteiger partial charge in [0.15, 0.2) is 5.78 Å². The molecule has 0 bridgehead atoms. The van der Waals surface area contributed by atoms with Crippen molar-refractivity contribution in [3.05, 3.63) is 58.1 Å². The van der Waals surface area contributed by atoms with Crippen molar-refractivity contribution in [3.63, 3.8) is 0 Å². The van der Waals surface area contributed by atoms with Crippen molar-refractivity contribution in [1.82, 2.24) is 0 Å². The molecule has 0 aromatic heterocycles. The summed E-state index contributed by atoms with van der Waals surface area (Å²) in [6.07, 6.45) is 0.171. The minimum Gasteiger partial charge on any atom is -0.493 e. The fourth-order valence-electron chi connectivity index (χ4n) is 1.87. The third-order valence-electron chi connectivity index (χ3n) is 3.04. The van der Waals surface area contributed by atoms with Gasteiger partial charge >= 0.3 is 0 Å². The number of amides is 1. The van der Waals surface area contributed by atoms with Crippen LogP contribution in [-0.2, 0) is 4.79 Å². The molecule has 2 rings (SSSR count). The maximum absolute atomic E-state index is 11.9. The van der Waals surface area contributed by atoms with Gasteiger partial charge in [0.25, 0.3) is 0 Å². The van der Waals surface area contributed by atoms with Crippen molar-refractivity contribution in [3.8, 4) is 5.75 Å². The largest absolute Gasteiger partial charge is 0.493 e. The Morgan fingerprint density at radius 2 is 1.87 bits per heavy atom. The van der Waals surface area contributed by atoms with E-state index < -0.39 is 0 Å². The molecule has 0 aliphatic carbocycles. The lowest BCUT2D eigenvalue weighted by atomic mass is 10.1. The standard InChI is InChI=1S/C17H15Cl2NO3/c1-11(21)12-3-2-4-13(9-12)20-17(22)7-8-23-14-5-6-15(18)16(19)10-14/h2-6,9-10H,7-8H2,1H3,(H,20,22). The summed E-state index contributed by atoms with van der Waals surface area (Å²) in [5.41, 5.74) is 1.13. The number of hydrogen-bond acceptors (Lipinski definition) is 3. The average molecular weight is 352 g/mol. The van der Waals surface area contributed by atoms with E-state index in [-0.39, 0.29) is 24.7 Å². The van der Waals surface area contributed by atoms with E-state index in [1.807, 2.05) is 0 Å². The number of hydrogen-bond donors (Lipinski definition) is 1. The van der Waals surface area contributed by atoms with Crippen molar-refractivity contribution in [1.29, 1.82) is 0 Å².